The predicted molar refractivity (Wildman–Crippen MR) is 107 cm³/mol. The van der Waals surface area contributed by atoms with Crippen LogP contribution in [0, 0.1) is 5.92 Å². The van der Waals surface area contributed by atoms with E-state index in [1.54, 1.807) is 4.90 Å². The molecule has 1 fully saturated rings. The Bertz CT molecular complexity index is 801. The van der Waals surface area contributed by atoms with Crippen molar-refractivity contribution in [3.63, 3.8) is 0 Å². The molecule has 0 aromatic heterocycles. The van der Waals surface area contributed by atoms with Crippen LogP contribution in [0.1, 0.15) is 32.3 Å². The molecule has 2 amide bonds. The van der Waals surface area contributed by atoms with Gasteiger partial charge >= 0.3 is 0 Å². The highest BCUT2D eigenvalue weighted by atomic mass is 16.5. The van der Waals surface area contributed by atoms with E-state index in [4.69, 9.17) is 4.74 Å². The number of rotatable bonds is 7. The van der Waals surface area contributed by atoms with E-state index in [1.165, 1.54) is 0 Å². The number of para-hydroxylation sites is 1. The summed E-state index contributed by atoms with van der Waals surface area (Å²) < 4.78 is 5.58. The molecule has 142 valence electrons. The van der Waals surface area contributed by atoms with Crippen LogP contribution in [-0.4, -0.2) is 25.0 Å². The Kier molecular flexibility index (Phi) is 6.12. The van der Waals surface area contributed by atoms with Crippen molar-refractivity contribution in [2.24, 2.45) is 5.92 Å². The number of nitrogens with zero attached hydrogens (tertiary/aromatic N) is 1. The third-order valence-corrected chi connectivity index (χ3v) is 4.77. The molecule has 1 saturated heterocycles. The van der Waals surface area contributed by atoms with Gasteiger partial charge in [-0.2, -0.15) is 0 Å². The molecule has 0 unspecified atom stereocenters. The first kappa shape index (κ1) is 19.0. The minimum atomic E-state index is -0.349. The molecule has 1 atom stereocenters. The van der Waals surface area contributed by atoms with Crippen LogP contribution in [0.2, 0.25) is 0 Å². The number of carbonyl (C=O) groups is 2. The minimum Gasteiger partial charge on any atom is -0.494 e. The molecule has 1 N–H and O–H groups in total. The van der Waals surface area contributed by atoms with Gasteiger partial charge in [-0.15, -0.1) is 0 Å². The maximum absolute atomic E-state index is 12.7. The SMILES string of the molecule is CCCOc1ccc(N2C[C@@H](C(=O)Nc3ccccc3CC)CC2=O)cc1. The van der Waals surface area contributed by atoms with Crippen LogP contribution in [0.4, 0.5) is 11.4 Å². The van der Waals surface area contributed by atoms with Crippen LogP contribution in [0.25, 0.3) is 0 Å². The topological polar surface area (TPSA) is 58.6 Å². The largest absolute Gasteiger partial charge is 0.494 e. The molecule has 0 saturated carbocycles. The van der Waals surface area contributed by atoms with Crippen molar-refractivity contribution < 1.29 is 14.3 Å². The van der Waals surface area contributed by atoms with Crippen LogP contribution in [-0.2, 0) is 16.0 Å². The highest BCUT2D eigenvalue weighted by Gasteiger charge is 2.35. The molecule has 2 aromatic carbocycles. The molecule has 3 rings (SSSR count). The zero-order chi connectivity index (χ0) is 19.2. The number of carbonyl (C=O) groups excluding carboxylic acids is 2. The van der Waals surface area contributed by atoms with E-state index in [-0.39, 0.29) is 24.2 Å². The van der Waals surface area contributed by atoms with E-state index < -0.39 is 0 Å². The number of benzene rings is 2. The molecule has 2 aromatic rings. The third kappa shape index (κ3) is 4.48. The summed E-state index contributed by atoms with van der Waals surface area (Å²) >= 11 is 0. The molecule has 5 nitrogen and oxygen atoms in total. The first-order valence-corrected chi connectivity index (χ1v) is 9.54. The van der Waals surface area contributed by atoms with Gasteiger partial charge in [0.05, 0.1) is 12.5 Å². The van der Waals surface area contributed by atoms with E-state index in [9.17, 15) is 9.59 Å². The summed E-state index contributed by atoms with van der Waals surface area (Å²) in [6.07, 6.45) is 2.02. The van der Waals surface area contributed by atoms with Crippen LogP contribution in [0.3, 0.4) is 0 Å². The van der Waals surface area contributed by atoms with E-state index in [0.29, 0.717) is 13.2 Å². The Morgan fingerprint density at radius 1 is 1.15 bits per heavy atom. The normalized spacial score (nSPS) is 16.4. The van der Waals surface area contributed by atoms with Crippen molar-refractivity contribution >= 4 is 23.2 Å². The standard InChI is InChI=1S/C22H26N2O3/c1-3-13-27-19-11-9-18(10-12-19)24-15-17(14-21(24)25)22(26)23-20-8-6-5-7-16(20)4-2/h5-12,17H,3-4,13-15H2,1-2H3,(H,23,26)/t17-/m0/s1. The van der Waals surface area contributed by atoms with E-state index >= 15 is 0 Å². The second-order valence-corrected chi connectivity index (χ2v) is 6.75. The van der Waals surface area contributed by atoms with E-state index in [2.05, 4.69) is 19.2 Å². The molecule has 5 heteroatoms. The smallest absolute Gasteiger partial charge is 0.229 e. The number of anilines is 2. The van der Waals surface area contributed by atoms with Gasteiger partial charge in [-0.25, -0.2) is 0 Å². The number of aryl methyl sites for hydroxylation is 1. The van der Waals surface area contributed by atoms with Crippen LogP contribution in [0.5, 0.6) is 5.75 Å². The molecule has 1 aliphatic rings. The fraction of sp³-hybridized carbons (Fsp3) is 0.364. The van der Waals surface area contributed by atoms with E-state index in [1.807, 2.05) is 48.5 Å². The second-order valence-electron chi connectivity index (χ2n) is 6.75. The molecular weight excluding hydrogens is 340 g/mol. The van der Waals surface area contributed by atoms with Crippen molar-refractivity contribution in [3.8, 4) is 5.75 Å². The van der Waals surface area contributed by atoms with Crippen molar-refractivity contribution in [2.45, 2.75) is 33.1 Å². The maximum Gasteiger partial charge on any atom is 0.229 e. The van der Waals surface area contributed by atoms with Crippen LogP contribution >= 0.6 is 0 Å². The fourth-order valence-corrected chi connectivity index (χ4v) is 3.26. The van der Waals surface area contributed by atoms with Gasteiger partial charge in [0.2, 0.25) is 11.8 Å². The number of ether oxygens (including phenoxy) is 1. The van der Waals surface area contributed by atoms with Gasteiger partial charge in [0, 0.05) is 24.3 Å². The second kappa shape index (κ2) is 8.71. The molecule has 0 bridgehead atoms. The maximum atomic E-state index is 12.7. The van der Waals surface area contributed by atoms with Crippen molar-refractivity contribution in [2.75, 3.05) is 23.4 Å². The number of nitrogens with one attached hydrogen (secondary N) is 1. The lowest BCUT2D eigenvalue weighted by molar-refractivity contribution is -0.122. The number of hydrogen-bond acceptors (Lipinski definition) is 3. The molecule has 1 heterocycles. The van der Waals surface area contributed by atoms with Gasteiger partial charge in [-0.05, 0) is 48.7 Å². The Morgan fingerprint density at radius 2 is 1.89 bits per heavy atom. The van der Waals surface area contributed by atoms with Gasteiger partial charge in [-0.3, -0.25) is 9.59 Å². The number of hydrogen-bond donors (Lipinski definition) is 1. The average Bonchev–Trinajstić information content (AvgIpc) is 3.09. The van der Waals surface area contributed by atoms with Gasteiger partial charge in [-0.1, -0.05) is 32.0 Å². The monoisotopic (exact) mass is 366 g/mol. The van der Waals surface area contributed by atoms with Gasteiger partial charge in [0.1, 0.15) is 5.75 Å². The molecule has 0 aliphatic carbocycles. The molecule has 1 aliphatic heterocycles. The lowest BCUT2D eigenvalue weighted by Gasteiger charge is -2.17. The van der Waals surface area contributed by atoms with Crippen LogP contribution in [0.15, 0.2) is 48.5 Å². The zero-order valence-electron chi connectivity index (χ0n) is 15.9. The first-order chi connectivity index (χ1) is 13.1. The average molecular weight is 366 g/mol. The van der Waals surface area contributed by atoms with Crippen molar-refractivity contribution in [1.82, 2.24) is 0 Å². The minimum absolute atomic E-state index is 0.0267. The van der Waals surface area contributed by atoms with E-state index in [0.717, 1.165) is 35.5 Å². The summed E-state index contributed by atoms with van der Waals surface area (Å²) in [5, 5.41) is 2.99. The Morgan fingerprint density at radius 3 is 2.59 bits per heavy atom. The summed E-state index contributed by atoms with van der Waals surface area (Å²) in [6, 6.07) is 15.2. The lowest BCUT2D eigenvalue weighted by atomic mass is 10.1. The quantitative estimate of drug-likeness (QED) is 0.805. The summed E-state index contributed by atoms with van der Waals surface area (Å²) in [4.78, 5) is 26.8. The summed E-state index contributed by atoms with van der Waals surface area (Å²) in [5.41, 5.74) is 2.72. The summed E-state index contributed by atoms with van der Waals surface area (Å²) in [5.74, 6) is 0.312. The third-order valence-electron chi connectivity index (χ3n) is 4.77. The number of amides is 2. The highest BCUT2D eigenvalue weighted by Crippen LogP contribution is 2.28. The Hall–Kier alpha value is -2.82. The first-order valence-electron chi connectivity index (χ1n) is 9.54. The van der Waals surface area contributed by atoms with Gasteiger partial charge in [0.25, 0.3) is 0 Å². The Labute approximate surface area is 160 Å². The zero-order valence-corrected chi connectivity index (χ0v) is 15.9. The van der Waals surface area contributed by atoms with Gasteiger partial charge in [0.15, 0.2) is 0 Å². The molecule has 0 spiro atoms. The molecular formula is C22H26N2O3. The molecule has 27 heavy (non-hydrogen) atoms. The Balaban J connectivity index is 1.65. The molecule has 0 radical (unpaired) electrons. The van der Waals surface area contributed by atoms with Crippen LogP contribution < -0.4 is 15.0 Å². The summed E-state index contributed by atoms with van der Waals surface area (Å²) in [6.45, 7) is 5.18. The van der Waals surface area contributed by atoms with Crippen molar-refractivity contribution in [3.05, 3.63) is 54.1 Å². The summed E-state index contributed by atoms with van der Waals surface area (Å²) in [7, 11) is 0. The predicted octanol–water partition coefficient (Wildman–Crippen LogP) is 4.03. The lowest BCUT2D eigenvalue weighted by Crippen LogP contribution is -2.28. The highest BCUT2D eigenvalue weighted by molar-refractivity contribution is 6.03. The fourth-order valence-electron chi connectivity index (χ4n) is 3.26. The van der Waals surface area contributed by atoms with Gasteiger partial charge < -0.3 is 15.0 Å². The van der Waals surface area contributed by atoms with Crippen molar-refractivity contribution in [1.29, 1.82) is 0 Å².